The molecule has 1 heterocycles. The number of hydrogen-bond donors (Lipinski definition) is 0. The third-order valence-corrected chi connectivity index (χ3v) is 2.53. The maximum atomic E-state index is 11.0. The molecule has 0 saturated heterocycles. The molecular formula is C11H15N3O4. The Morgan fingerprint density at radius 3 is 2.83 bits per heavy atom. The molecule has 98 valence electrons. The third kappa shape index (κ3) is 3.41. The van der Waals surface area contributed by atoms with Gasteiger partial charge in [-0.25, -0.2) is 4.98 Å². The molecule has 0 atom stereocenters. The zero-order valence-electron chi connectivity index (χ0n) is 10.5. The molecule has 1 aromatic rings. The molecule has 7 nitrogen and oxygen atoms in total. The molecule has 0 unspecified atom stereocenters. The Morgan fingerprint density at radius 1 is 1.61 bits per heavy atom. The molecule has 0 aromatic carbocycles. The summed E-state index contributed by atoms with van der Waals surface area (Å²) in [5.74, 6) is 0.125. The van der Waals surface area contributed by atoms with Gasteiger partial charge < -0.3 is 9.64 Å². The lowest BCUT2D eigenvalue weighted by atomic mass is 10.2. The summed E-state index contributed by atoms with van der Waals surface area (Å²) in [7, 11) is 3.03. The van der Waals surface area contributed by atoms with Gasteiger partial charge in [-0.3, -0.25) is 14.9 Å². The van der Waals surface area contributed by atoms with E-state index < -0.39 is 4.92 Å². The number of anilines is 1. The lowest BCUT2D eigenvalue weighted by Gasteiger charge is -2.17. The Morgan fingerprint density at radius 2 is 2.28 bits per heavy atom. The van der Waals surface area contributed by atoms with Crippen molar-refractivity contribution in [3.05, 3.63) is 27.9 Å². The molecule has 0 spiro atoms. The molecule has 7 heteroatoms. The molecule has 0 aliphatic heterocycles. The zero-order chi connectivity index (χ0) is 13.7. The molecule has 0 aliphatic carbocycles. The van der Waals surface area contributed by atoms with Crippen LogP contribution in [0.1, 0.15) is 12.0 Å². The number of methoxy groups -OCH3 is 1. The molecule has 0 radical (unpaired) electrons. The average molecular weight is 253 g/mol. The van der Waals surface area contributed by atoms with Gasteiger partial charge in [0.05, 0.1) is 24.5 Å². The van der Waals surface area contributed by atoms with E-state index in [9.17, 15) is 14.9 Å². The number of nitrogens with zero attached hydrogens (tertiary/aromatic N) is 3. The number of aromatic nitrogens is 1. The van der Waals surface area contributed by atoms with Gasteiger partial charge in [-0.15, -0.1) is 0 Å². The highest BCUT2D eigenvalue weighted by molar-refractivity contribution is 5.70. The average Bonchev–Trinajstić information content (AvgIpc) is 2.35. The van der Waals surface area contributed by atoms with Gasteiger partial charge in [-0.05, 0) is 6.92 Å². The van der Waals surface area contributed by atoms with Crippen LogP contribution in [-0.4, -0.2) is 36.6 Å². The minimum atomic E-state index is -0.450. The highest BCUT2D eigenvalue weighted by Crippen LogP contribution is 2.21. The smallest absolute Gasteiger partial charge is 0.307 e. The molecule has 0 bridgehead atoms. The Labute approximate surface area is 105 Å². The zero-order valence-corrected chi connectivity index (χ0v) is 10.5. The summed E-state index contributed by atoms with van der Waals surface area (Å²) in [6.45, 7) is 2.02. The van der Waals surface area contributed by atoms with Gasteiger partial charge in [-0.1, -0.05) is 0 Å². The predicted molar refractivity (Wildman–Crippen MR) is 65.5 cm³/mol. The fraction of sp³-hybridized carbons (Fsp3) is 0.455. The van der Waals surface area contributed by atoms with E-state index in [0.717, 1.165) is 0 Å². The number of hydrogen-bond acceptors (Lipinski definition) is 6. The second-order valence-electron chi connectivity index (χ2n) is 3.83. The highest BCUT2D eigenvalue weighted by atomic mass is 16.6. The summed E-state index contributed by atoms with van der Waals surface area (Å²) in [4.78, 5) is 27.1. The van der Waals surface area contributed by atoms with Crippen molar-refractivity contribution in [2.45, 2.75) is 13.3 Å². The van der Waals surface area contributed by atoms with Crippen LogP contribution in [0.25, 0.3) is 0 Å². The van der Waals surface area contributed by atoms with Crippen LogP contribution >= 0.6 is 0 Å². The summed E-state index contributed by atoms with van der Waals surface area (Å²) >= 11 is 0. The van der Waals surface area contributed by atoms with Gasteiger partial charge >= 0.3 is 5.97 Å². The molecule has 18 heavy (non-hydrogen) atoms. The Balaban J connectivity index is 2.80. The van der Waals surface area contributed by atoms with Crippen molar-refractivity contribution >= 4 is 17.5 Å². The number of nitro groups is 1. The molecular weight excluding hydrogens is 238 g/mol. The Bertz CT molecular complexity index is 462. The topological polar surface area (TPSA) is 85.6 Å². The summed E-state index contributed by atoms with van der Waals surface area (Å²) in [6, 6.07) is 1.40. The fourth-order valence-corrected chi connectivity index (χ4v) is 1.38. The minimum Gasteiger partial charge on any atom is -0.469 e. The first-order valence-corrected chi connectivity index (χ1v) is 5.34. The SMILES string of the molecule is COC(=O)CCN(C)c1cc([N+](=O)[O-])c(C)cn1. The van der Waals surface area contributed by atoms with Crippen molar-refractivity contribution in [1.82, 2.24) is 4.98 Å². The molecule has 0 N–H and O–H groups in total. The van der Waals surface area contributed by atoms with E-state index in [0.29, 0.717) is 17.9 Å². The first-order chi connectivity index (χ1) is 8.45. The van der Waals surface area contributed by atoms with Crippen molar-refractivity contribution in [2.75, 3.05) is 25.6 Å². The number of ether oxygens (including phenoxy) is 1. The first kappa shape index (κ1) is 13.9. The molecule has 0 fully saturated rings. The van der Waals surface area contributed by atoms with Crippen LogP contribution in [0.2, 0.25) is 0 Å². The van der Waals surface area contributed by atoms with E-state index in [1.54, 1.807) is 18.9 Å². The number of pyridine rings is 1. The minimum absolute atomic E-state index is 0.0184. The number of esters is 1. The number of carbonyl (C=O) groups excluding carboxylic acids is 1. The summed E-state index contributed by atoms with van der Waals surface area (Å²) in [6.07, 6.45) is 1.65. The van der Waals surface area contributed by atoms with E-state index >= 15 is 0 Å². The summed E-state index contributed by atoms with van der Waals surface area (Å²) < 4.78 is 4.52. The van der Waals surface area contributed by atoms with E-state index in [4.69, 9.17) is 0 Å². The predicted octanol–water partition coefficient (Wildman–Crippen LogP) is 1.30. The standard InChI is InChI=1S/C11H15N3O4/c1-8-7-12-10(6-9(8)14(16)17)13(2)5-4-11(15)18-3/h6-7H,4-5H2,1-3H3. The van der Waals surface area contributed by atoms with Crippen LogP contribution in [-0.2, 0) is 9.53 Å². The monoisotopic (exact) mass is 253 g/mol. The molecule has 0 amide bonds. The number of rotatable bonds is 5. The van der Waals surface area contributed by atoms with Gasteiger partial charge in [0, 0.05) is 25.4 Å². The highest BCUT2D eigenvalue weighted by Gasteiger charge is 2.14. The van der Waals surface area contributed by atoms with Gasteiger partial charge in [0.15, 0.2) is 0 Å². The normalized spacial score (nSPS) is 9.94. The lowest BCUT2D eigenvalue weighted by Crippen LogP contribution is -2.22. The van der Waals surface area contributed by atoms with Gasteiger partial charge in [-0.2, -0.15) is 0 Å². The number of carbonyl (C=O) groups is 1. The van der Waals surface area contributed by atoms with E-state index in [-0.39, 0.29) is 18.1 Å². The van der Waals surface area contributed by atoms with Crippen molar-refractivity contribution in [3.63, 3.8) is 0 Å². The molecule has 0 saturated carbocycles. The lowest BCUT2D eigenvalue weighted by molar-refractivity contribution is -0.385. The van der Waals surface area contributed by atoms with Gasteiger partial charge in [0.1, 0.15) is 5.82 Å². The summed E-state index contributed by atoms with van der Waals surface area (Å²) in [5, 5.41) is 10.8. The van der Waals surface area contributed by atoms with Crippen LogP contribution in [0.5, 0.6) is 0 Å². The number of aryl methyl sites for hydroxylation is 1. The van der Waals surface area contributed by atoms with Crippen LogP contribution in [0.4, 0.5) is 11.5 Å². The van der Waals surface area contributed by atoms with Crippen molar-refractivity contribution in [1.29, 1.82) is 0 Å². The molecule has 1 aromatic heterocycles. The molecule has 1 rings (SSSR count). The summed E-state index contributed by atoms with van der Waals surface area (Å²) in [5.41, 5.74) is 0.523. The van der Waals surface area contributed by atoms with Crippen molar-refractivity contribution in [3.8, 4) is 0 Å². The van der Waals surface area contributed by atoms with E-state index in [1.165, 1.54) is 19.4 Å². The van der Waals surface area contributed by atoms with E-state index in [2.05, 4.69) is 9.72 Å². The van der Waals surface area contributed by atoms with Gasteiger partial charge in [0.2, 0.25) is 0 Å². The maximum absolute atomic E-state index is 11.0. The molecule has 0 aliphatic rings. The third-order valence-electron chi connectivity index (χ3n) is 2.53. The van der Waals surface area contributed by atoms with Gasteiger partial charge in [0.25, 0.3) is 5.69 Å². The van der Waals surface area contributed by atoms with Crippen LogP contribution < -0.4 is 4.90 Å². The van der Waals surface area contributed by atoms with Crippen molar-refractivity contribution < 1.29 is 14.5 Å². The van der Waals surface area contributed by atoms with Crippen LogP contribution in [0.15, 0.2) is 12.3 Å². The first-order valence-electron chi connectivity index (χ1n) is 5.34. The fourth-order valence-electron chi connectivity index (χ4n) is 1.38. The largest absolute Gasteiger partial charge is 0.469 e. The Kier molecular flexibility index (Phi) is 4.59. The van der Waals surface area contributed by atoms with E-state index in [1.807, 2.05) is 0 Å². The Hall–Kier alpha value is -2.18. The van der Waals surface area contributed by atoms with Crippen LogP contribution in [0, 0.1) is 17.0 Å². The second kappa shape index (κ2) is 5.95. The van der Waals surface area contributed by atoms with Crippen LogP contribution in [0.3, 0.4) is 0 Å². The maximum Gasteiger partial charge on any atom is 0.307 e. The van der Waals surface area contributed by atoms with Crippen molar-refractivity contribution in [2.24, 2.45) is 0 Å². The second-order valence-corrected chi connectivity index (χ2v) is 3.83. The quantitative estimate of drug-likeness (QED) is 0.446.